The van der Waals surface area contributed by atoms with Crippen LogP contribution in [0.2, 0.25) is 0 Å². The van der Waals surface area contributed by atoms with Crippen molar-refractivity contribution in [2.75, 3.05) is 24.5 Å². The molecular weight excluding hydrogens is 200 g/mol. The first-order valence-electron chi connectivity index (χ1n) is 5.88. The number of nitrogens with zero attached hydrogens (tertiary/aromatic N) is 1. The largest absolute Gasteiger partial charge is 0.387 e. The maximum atomic E-state index is 10.2. The number of para-hydroxylation sites is 1. The second-order valence-electron chi connectivity index (χ2n) is 4.74. The molecule has 1 saturated heterocycles. The maximum Gasteiger partial charge on any atom is 0.0943 e. The van der Waals surface area contributed by atoms with E-state index < -0.39 is 5.60 Å². The lowest BCUT2D eigenvalue weighted by Gasteiger charge is -2.40. The van der Waals surface area contributed by atoms with Crippen LogP contribution < -0.4 is 10.6 Å². The molecule has 2 rings (SSSR count). The Hall–Kier alpha value is -1.06. The van der Waals surface area contributed by atoms with Crippen LogP contribution in [-0.2, 0) is 0 Å². The predicted molar refractivity (Wildman–Crippen MR) is 66.6 cm³/mol. The molecule has 1 aliphatic rings. The van der Waals surface area contributed by atoms with Gasteiger partial charge in [0.05, 0.1) is 5.60 Å². The van der Waals surface area contributed by atoms with E-state index in [9.17, 15) is 5.11 Å². The summed E-state index contributed by atoms with van der Waals surface area (Å²) < 4.78 is 0. The number of nitrogens with two attached hydrogens (primary N) is 1. The molecule has 1 unspecified atom stereocenters. The molecule has 0 saturated carbocycles. The molecule has 1 aromatic carbocycles. The summed E-state index contributed by atoms with van der Waals surface area (Å²) in [7, 11) is 0. The highest BCUT2D eigenvalue weighted by molar-refractivity contribution is 5.53. The molecule has 1 heterocycles. The molecule has 3 heteroatoms. The van der Waals surface area contributed by atoms with Crippen LogP contribution in [0.15, 0.2) is 24.3 Å². The summed E-state index contributed by atoms with van der Waals surface area (Å²) in [5.74, 6) is 0. The Labute approximate surface area is 96.9 Å². The molecule has 16 heavy (non-hydrogen) atoms. The fourth-order valence-corrected chi connectivity index (χ4v) is 2.40. The minimum atomic E-state index is -0.708. The van der Waals surface area contributed by atoms with Gasteiger partial charge in [0.1, 0.15) is 0 Å². The third-order valence-electron chi connectivity index (χ3n) is 3.39. The number of aliphatic hydroxyl groups is 1. The zero-order chi connectivity index (χ0) is 11.6. The van der Waals surface area contributed by atoms with Gasteiger partial charge in [0.15, 0.2) is 0 Å². The zero-order valence-corrected chi connectivity index (χ0v) is 9.82. The summed E-state index contributed by atoms with van der Waals surface area (Å²) in [5.41, 5.74) is 7.40. The normalized spacial score (nSPS) is 25.8. The standard InChI is InChI=1S/C13H20N2O/c1-11-5-2-3-6-12(11)15-8-4-7-13(16,9-14)10-15/h2-3,5-6,16H,4,7-10,14H2,1H3. The minimum absolute atomic E-state index is 0.343. The van der Waals surface area contributed by atoms with Crippen LogP contribution in [0, 0.1) is 6.92 Å². The monoisotopic (exact) mass is 220 g/mol. The lowest BCUT2D eigenvalue weighted by Crippen LogP contribution is -2.52. The number of piperidine rings is 1. The lowest BCUT2D eigenvalue weighted by molar-refractivity contribution is 0.0347. The average molecular weight is 220 g/mol. The summed E-state index contributed by atoms with van der Waals surface area (Å²) in [6.45, 7) is 4.10. The third kappa shape index (κ3) is 2.20. The van der Waals surface area contributed by atoms with Crippen LogP contribution in [0.4, 0.5) is 5.69 Å². The minimum Gasteiger partial charge on any atom is -0.387 e. The van der Waals surface area contributed by atoms with Crippen molar-refractivity contribution in [1.82, 2.24) is 0 Å². The molecule has 3 nitrogen and oxygen atoms in total. The smallest absolute Gasteiger partial charge is 0.0943 e. The fourth-order valence-electron chi connectivity index (χ4n) is 2.40. The molecule has 0 amide bonds. The highest BCUT2D eigenvalue weighted by Gasteiger charge is 2.32. The first-order chi connectivity index (χ1) is 7.64. The van der Waals surface area contributed by atoms with Gasteiger partial charge in [-0.2, -0.15) is 0 Å². The Morgan fingerprint density at radius 1 is 1.44 bits per heavy atom. The van der Waals surface area contributed by atoms with E-state index in [1.807, 2.05) is 12.1 Å². The number of β-amino-alcohol motifs (C(OH)–C–C–N with tert-alkyl or cyclic N) is 1. The molecule has 1 aromatic rings. The first kappa shape index (κ1) is 11.4. The molecule has 0 aromatic heterocycles. The van der Waals surface area contributed by atoms with Crippen LogP contribution in [0.5, 0.6) is 0 Å². The summed E-state index contributed by atoms with van der Waals surface area (Å²) in [6, 6.07) is 8.29. The quantitative estimate of drug-likeness (QED) is 0.789. The Morgan fingerprint density at radius 2 is 2.19 bits per heavy atom. The summed E-state index contributed by atoms with van der Waals surface area (Å²) >= 11 is 0. The Bertz CT molecular complexity index is 367. The predicted octanol–water partition coefficient (Wildman–Crippen LogP) is 1.29. The van der Waals surface area contributed by atoms with E-state index in [2.05, 4.69) is 24.0 Å². The van der Waals surface area contributed by atoms with Gasteiger partial charge in [-0.25, -0.2) is 0 Å². The molecule has 0 spiro atoms. The number of rotatable bonds is 2. The van der Waals surface area contributed by atoms with Gasteiger partial charge in [0.25, 0.3) is 0 Å². The van der Waals surface area contributed by atoms with E-state index in [0.29, 0.717) is 13.1 Å². The van der Waals surface area contributed by atoms with E-state index in [4.69, 9.17) is 5.73 Å². The molecule has 0 aliphatic carbocycles. The summed E-state index contributed by atoms with van der Waals surface area (Å²) in [5, 5.41) is 10.2. The zero-order valence-electron chi connectivity index (χ0n) is 9.82. The van der Waals surface area contributed by atoms with Crippen LogP contribution in [0.1, 0.15) is 18.4 Å². The van der Waals surface area contributed by atoms with Gasteiger partial charge in [0.2, 0.25) is 0 Å². The van der Waals surface area contributed by atoms with Crippen molar-refractivity contribution >= 4 is 5.69 Å². The molecule has 1 fully saturated rings. The highest BCUT2D eigenvalue weighted by atomic mass is 16.3. The molecule has 0 bridgehead atoms. The van der Waals surface area contributed by atoms with Crippen molar-refractivity contribution < 1.29 is 5.11 Å². The molecule has 1 aliphatic heterocycles. The van der Waals surface area contributed by atoms with Crippen molar-refractivity contribution in [2.24, 2.45) is 5.73 Å². The van der Waals surface area contributed by atoms with E-state index in [0.717, 1.165) is 19.4 Å². The van der Waals surface area contributed by atoms with Crippen molar-refractivity contribution in [3.05, 3.63) is 29.8 Å². The van der Waals surface area contributed by atoms with Gasteiger partial charge < -0.3 is 15.7 Å². The van der Waals surface area contributed by atoms with E-state index in [-0.39, 0.29) is 0 Å². The van der Waals surface area contributed by atoms with Crippen molar-refractivity contribution in [3.63, 3.8) is 0 Å². The van der Waals surface area contributed by atoms with E-state index in [1.165, 1.54) is 11.3 Å². The molecule has 1 atom stereocenters. The maximum absolute atomic E-state index is 10.2. The first-order valence-corrected chi connectivity index (χ1v) is 5.88. The van der Waals surface area contributed by atoms with Gasteiger partial charge in [-0.1, -0.05) is 18.2 Å². The lowest BCUT2D eigenvalue weighted by atomic mass is 9.92. The van der Waals surface area contributed by atoms with Crippen LogP contribution in [0.3, 0.4) is 0 Å². The van der Waals surface area contributed by atoms with E-state index >= 15 is 0 Å². The van der Waals surface area contributed by atoms with Crippen LogP contribution in [0.25, 0.3) is 0 Å². The fraction of sp³-hybridized carbons (Fsp3) is 0.538. The number of benzene rings is 1. The Morgan fingerprint density at radius 3 is 2.88 bits per heavy atom. The topological polar surface area (TPSA) is 49.5 Å². The SMILES string of the molecule is Cc1ccccc1N1CCCC(O)(CN)C1. The Balaban J connectivity index is 2.19. The molecular formula is C13H20N2O. The Kier molecular flexibility index (Phi) is 3.17. The second-order valence-corrected chi connectivity index (χ2v) is 4.74. The number of aryl methyl sites for hydroxylation is 1. The molecule has 3 N–H and O–H groups in total. The highest BCUT2D eigenvalue weighted by Crippen LogP contribution is 2.27. The van der Waals surface area contributed by atoms with Crippen LogP contribution in [-0.4, -0.2) is 30.3 Å². The van der Waals surface area contributed by atoms with Crippen molar-refractivity contribution in [1.29, 1.82) is 0 Å². The van der Waals surface area contributed by atoms with Gasteiger partial charge in [-0.3, -0.25) is 0 Å². The summed E-state index contributed by atoms with van der Waals surface area (Å²) in [6.07, 6.45) is 1.81. The van der Waals surface area contributed by atoms with Crippen molar-refractivity contribution in [3.8, 4) is 0 Å². The van der Waals surface area contributed by atoms with Gasteiger partial charge in [-0.15, -0.1) is 0 Å². The number of hydrogen-bond acceptors (Lipinski definition) is 3. The van der Waals surface area contributed by atoms with Crippen LogP contribution >= 0.6 is 0 Å². The van der Waals surface area contributed by atoms with E-state index in [1.54, 1.807) is 0 Å². The number of hydrogen-bond donors (Lipinski definition) is 2. The third-order valence-corrected chi connectivity index (χ3v) is 3.39. The van der Waals surface area contributed by atoms with Crippen molar-refractivity contribution in [2.45, 2.75) is 25.4 Å². The second kappa shape index (κ2) is 4.44. The van der Waals surface area contributed by atoms with Gasteiger partial charge in [0, 0.05) is 25.3 Å². The average Bonchev–Trinajstić information content (AvgIpc) is 2.30. The van der Waals surface area contributed by atoms with Gasteiger partial charge in [-0.05, 0) is 31.4 Å². The number of anilines is 1. The summed E-state index contributed by atoms with van der Waals surface area (Å²) in [4.78, 5) is 2.24. The van der Waals surface area contributed by atoms with Gasteiger partial charge >= 0.3 is 0 Å². The molecule has 0 radical (unpaired) electrons. The molecule has 88 valence electrons.